The van der Waals surface area contributed by atoms with E-state index in [2.05, 4.69) is 57.8 Å². The lowest BCUT2D eigenvalue weighted by molar-refractivity contribution is 0.393. The normalized spacial score (nSPS) is 28.9. The van der Waals surface area contributed by atoms with E-state index in [1.165, 1.54) is 21.2 Å². The average molecular weight is 306 g/mol. The van der Waals surface area contributed by atoms with Gasteiger partial charge in [0.25, 0.3) is 0 Å². The van der Waals surface area contributed by atoms with Crippen molar-refractivity contribution in [3.05, 3.63) is 55.7 Å². The molecule has 2 atom stereocenters. The largest absolute Gasteiger partial charge is 0.297 e. The molecule has 2 bridgehead atoms. The lowest BCUT2D eigenvalue weighted by atomic mass is 9.86. The predicted octanol–water partition coefficient (Wildman–Crippen LogP) is 3.97. The molecule has 1 aromatic carbocycles. The molecule has 0 fully saturated rings. The van der Waals surface area contributed by atoms with Gasteiger partial charge in [0, 0.05) is 21.8 Å². The summed E-state index contributed by atoms with van der Waals surface area (Å²) in [6.07, 6.45) is 1.14. The fourth-order valence-electron chi connectivity index (χ4n) is 3.28. The van der Waals surface area contributed by atoms with Gasteiger partial charge in [0.1, 0.15) is 0 Å². The van der Waals surface area contributed by atoms with Crippen LogP contribution in [0, 0.1) is 0 Å². The molecular weight excluding hydrogens is 294 g/mol. The smallest absolute Gasteiger partial charge is 0.0681 e. The number of rotatable bonds is 0. The number of nitrogens with one attached hydrogen (secondary N) is 1. The van der Waals surface area contributed by atoms with E-state index in [4.69, 9.17) is 0 Å². The van der Waals surface area contributed by atoms with Crippen LogP contribution in [-0.2, 0) is 12.0 Å². The maximum absolute atomic E-state index is 3.79. The first-order chi connectivity index (χ1) is 8.18. The first kappa shape index (κ1) is 10.3. The molecule has 0 spiro atoms. The molecule has 3 heterocycles. The van der Waals surface area contributed by atoms with Gasteiger partial charge in [0.2, 0.25) is 0 Å². The van der Waals surface area contributed by atoms with Crippen LogP contribution in [0.1, 0.15) is 34.5 Å². The number of thiophene rings is 1. The van der Waals surface area contributed by atoms with Gasteiger partial charge in [-0.2, -0.15) is 0 Å². The third kappa shape index (κ3) is 1.22. The van der Waals surface area contributed by atoms with Crippen LogP contribution >= 0.6 is 27.3 Å². The number of benzene rings is 1. The minimum absolute atomic E-state index is 0.0113. The molecule has 3 heteroatoms. The van der Waals surface area contributed by atoms with Crippen LogP contribution < -0.4 is 5.32 Å². The summed E-state index contributed by atoms with van der Waals surface area (Å²) in [7, 11) is 0. The highest BCUT2D eigenvalue weighted by molar-refractivity contribution is 9.10. The Bertz CT molecular complexity index is 618. The van der Waals surface area contributed by atoms with Crippen LogP contribution in [0.2, 0.25) is 0 Å². The van der Waals surface area contributed by atoms with E-state index in [0.29, 0.717) is 6.04 Å². The van der Waals surface area contributed by atoms with Crippen molar-refractivity contribution in [3.8, 4) is 0 Å². The summed E-state index contributed by atoms with van der Waals surface area (Å²) in [5.41, 5.74) is 4.39. The molecule has 4 rings (SSSR count). The lowest BCUT2D eigenvalue weighted by Crippen LogP contribution is -2.40. The van der Waals surface area contributed by atoms with Crippen LogP contribution in [-0.4, -0.2) is 0 Å². The van der Waals surface area contributed by atoms with Crippen LogP contribution in [0.3, 0.4) is 0 Å². The predicted molar refractivity (Wildman–Crippen MR) is 74.5 cm³/mol. The number of fused-ring (bicyclic) bond motifs is 7. The minimum atomic E-state index is 0.0113. The highest BCUT2D eigenvalue weighted by Gasteiger charge is 2.46. The highest BCUT2D eigenvalue weighted by atomic mass is 79.9. The Morgan fingerprint density at radius 1 is 1.35 bits per heavy atom. The number of halogens is 1. The van der Waals surface area contributed by atoms with E-state index in [1.54, 1.807) is 4.88 Å². The fourth-order valence-corrected chi connectivity index (χ4v) is 4.67. The second kappa shape index (κ2) is 3.22. The molecular formula is C14H12BrNS. The third-order valence-electron chi connectivity index (χ3n) is 4.07. The zero-order chi connectivity index (χ0) is 11.6. The summed E-state index contributed by atoms with van der Waals surface area (Å²) >= 11 is 5.49. The van der Waals surface area contributed by atoms with Gasteiger partial charge >= 0.3 is 0 Å². The lowest BCUT2D eigenvalue weighted by Gasteiger charge is -2.32. The SMILES string of the molecule is CC12NC(Cc3sccc31)c1ccc(Br)cc12. The van der Waals surface area contributed by atoms with Gasteiger partial charge in [-0.05, 0) is 47.2 Å². The van der Waals surface area contributed by atoms with Crippen LogP contribution in [0.25, 0.3) is 0 Å². The zero-order valence-electron chi connectivity index (χ0n) is 9.46. The Hall–Kier alpha value is -0.640. The molecule has 1 aromatic heterocycles. The zero-order valence-corrected chi connectivity index (χ0v) is 11.9. The Morgan fingerprint density at radius 2 is 2.24 bits per heavy atom. The number of hydrogen-bond donors (Lipinski definition) is 1. The Kier molecular flexibility index (Phi) is 1.95. The quantitative estimate of drug-likeness (QED) is 0.776. The van der Waals surface area contributed by atoms with E-state index in [1.807, 2.05) is 11.3 Å². The van der Waals surface area contributed by atoms with Crippen LogP contribution in [0.4, 0.5) is 0 Å². The molecule has 2 aliphatic heterocycles. The molecule has 0 saturated heterocycles. The summed E-state index contributed by atoms with van der Waals surface area (Å²) < 4.78 is 1.17. The van der Waals surface area contributed by atoms with Crippen molar-refractivity contribution in [2.24, 2.45) is 0 Å². The highest BCUT2D eigenvalue weighted by Crippen LogP contribution is 2.50. The van der Waals surface area contributed by atoms with Gasteiger partial charge in [-0.25, -0.2) is 0 Å². The average Bonchev–Trinajstić information content (AvgIpc) is 2.84. The molecule has 2 aliphatic rings. The molecule has 17 heavy (non-hydrogen) atoms. The van der Waals surface area contributed by atoms with E-state index < -0.39 is 0 Å². The van der Waals surface area contributed by atoms with Crippen molar-refractivity contribution >= 4 is 27.3 Å². The third-order valence-corrected chi connectivity index (χ3v) is 5.50. The van der Waals surface area contributed by atoms with Crippen molar-refractivity contribution in [2.45, 2.75) is 24.9 Å². The summed E-state index contributed by atoms with van der Waals surface area (Å²) in [5, 5.41) is 6.01. The molecule has 0 saturated carbocycles. The van der Waals surface area contributed by atoms with Crippen molar-refractivity contribution < 1.29 is 0 Å². The van der Waals surface area contributed by atoms with Gasteiger partial charge in [0.15, 0.2) is 0 Å². The Labute approximate surface area is 113 Å². The van der Waals surface area contributed by atoms with Crippen molar-refractivity contribution in [1.82, 2.24) is 5.32 Å². The Morgan fingerprint density at radius 3 is 3.12 bits per heavy atom. The molecule has 86 valence electrons. The van der Waals surface area contributed by atoms with Crippen molar-refractivity contribution in [3.63, 3.8) is 0 Å². The van der Waals surface area contributed by atoms with E-state index in [9.17, 15) is 0 Å². The summed E-state index contributed by atoms with van der Waals surface area (Å²) in [4.78, 5) is 1.54. The first-order valence-corrected chi connectivity index (χ1v) is 7.50. The molecule has 0 radical (unpaired) electrons. The fraction of sp³-hybridized carbons (Fsp3) is 0.286. The van der Waals surface area contributed by atoms with Gasteiger partial charge in [-0.15, -0.1) is 11.3 Å². The van der Waals surface area contributed by atoms with Gasteiger partial charge in [-0.3, -0.25) is 5.32 Å². The molecule has 2 aromatic rings. The van der Waals surface area contributed by atoms with Crippen molar-refractivity contribution in [2.75, 3.05) is 0 Å². The van der Waals surface area contributed by atoms with Gasteiger partial charge in [0.05, 0.1) is 5.54 Å². The van der Waals surface area contributed by atoms with Gasteiger partial charge < -0.3 is 0 Å². The minimum Gasteiger partial charge on any atom is -0.297 e. The maximum atomic E-state index is 3.79. The van der Waals surface area contributed by atoms with Gasteiger partial charge in [-0.1, -0.05) is 22.0 Å². The topological polar surface area (TPSA) is 12.0 Å². The summed E-state index contributed by atoms with van der Waals surface area (Å²) in [5.74, 6) is 0. The van der Waals surface area contributed by atoms with Crippen LogP contribution in [0.5, 0.6) is 0 Å². The molecule has 1 nitrogen and oxygen atoms in total. The molecule has 1 N–H and O–H groups in total. The molecule has 0 amide bonds. The molecule has 0 aliphatic carbocycles. The van der Waals surface area contributed by atoms with Crippen LogP contribution in [0.15, 0.2) is 34.1 Å². The standard InChI is InChI=1S/C14H12BrNS/c1-14-10-4-5-17-13(10)7-12(16-14)9-3-2-8(15)6-11(9)14/h2-6,12,16H,7H2,1H3. The molecule has 2 unspecified atom stereocenters. The van der Waals surface area contributed by atoms with Crippen molar-refractivity contribution in [1.29, 1.82) is 0 Å². The summed E-state index contributed by atoms with van der Waals surface area (Å²) in [6.45, 7) is 2.31. The monoisotopic (exact) mass is 305 g/mol. The van der Waals surface area contributed by atoms with E-state index >= 15 is 0 Å². The van der Waals surface area contributed by atoms with E-state index in [0.717, 1.165) is 6.42 Å². The second-order valence-electron chi connectivity index (χ2n) is 5.02. The maximum Gasteiger partial charge on any atom is 0.0681 e. The summed E-state index contributed by atoms with van der Waals surface area (Å²) in [6, 6.07) is 9.46. The second-order valence-corrected chi connectivity index (χ2v) is 6.93. The Balaban J connectivity index is 2.05. The number of hydrogen-bond acceptors (Lipinski definition) is 2. The van der Waals surface area contributed by atoms with E-state index in [-0.39, 0.29) is 5.54 Å². The first-order valence-electron chi connectivity index (χ1n) is 5.83.